The number of ketones is 1. The second-order valence-electron chi connectivity index (χ2n) is 7.86. The number of aliphatic hydroxyl groups excluding tert-OH is 1. The zero-order chi connectivity index (χ0) is 22.0. The van der Waals surface area contributed by atoms with E-state index in [1.54, 1.807) is 17.0 Å². The van der Waals surface area contributed by atoms with Crippen LogP contribution < -0.4 is 0 Å². The van der Waals surface area contributed by atoms with Gasteiger partial charge in [-0.2, -0.15) is 0 Å². The number of likely N-dealkylation sites (tertiary alicyclic amines) is 1. The molecule has 2 heterocycles. The Labute approximate surface area is 190 Å². The number of rotatable bonds is 5. The summed E-state index contributed by atoms with van der Waals surface area (Å²) in [5.74, 6) is -1.36. The highest BCUT2D eigenvalue weighted by atomic mass is 79.9. The zero-order valence-electron chi connectivity index (χ0n) is 17.4. The van der Waals surface area contributed by atoms with E-state index in [1.807, 2.05) is 43.3 Å². The van der Waals surface area contributed by atoms with Crippen molar-refractivity contribution in [2.45, 2.75) is 13.0 Å². The highest BCUT2D eigenvalue weighted by molar-refractivity contribution is 9.10. The van der Waals surface area contributed by atoms with Crippen molar-refractivity contribution in [1.82, 2.24) is 9.80 Å². The molecule has 2 aliphatic heterocycles. The molecule has 6 nitrogen and oxygen atoms in total. The van der Waals surface area contributed by atoms with Gasteiger partial charge in [-0.1, -0.05) is 57.9 Å². The minimum Gasteiger partial charge on any atom is -0.507 e. The Balaban J connectivity index is 1.72. The van der Waals surface area contributed by atoms with Crippen LogP contribution in [0.25, 0.3) is 5.76 Å². The highest BCUT2D eigenvalue weighted by Gasteiger charge is 2.46. The van der Waals surface area contributed by atoms with Crippen LogP contribution >= 0.6 is 15.9 Å². The van der Waals surface area contributed by atoms with E-state index in [1.165, 1.54) is 0 Å². The Hall–Kier alpha value is -2.48. The Morgan fingerprint density at radius 2 is 1.68 bits per heavy atom. The van der Waals surface area contributed by atoms with Gasteiger partial charge < -0.3 is 14.7 Å². The van der Waals surface area contributed by atoms with E-state index >= 15 is 0 Å². The molecule has 1 amide bonds. The fourth-order valence-corrected chi connectivity index (χ4v) is 4.31. The molecule has 7 heteroatoms. The molecule has 2 aromatic rings. The van der Waals surface area contributed by atoms with Gasteiger partial charge >= 0.3 is 0 Å². The molecule has 0 saturated carbocycles. The van der Waals surface area contributed by atoms with Crippen LogP contribution in [-0.2, 0) is 14.3 Å². The van der Waals surface area contributed by atoms with Gasteiger partial charge in [0.2, 0.25) is 0 Å². The third-order valence-electron chi connectivity index (χ3n) is 5.81. The largest absolute Gasteiger partial charge is 0.507 e. The lowest BCUT2D eigenvalue weighted by Crippen LogP contribution is -2.42. The summed E-state index contributed by atoms with van der Waals surface area (Å²) in [7, 11) is 0. The summed E-state index contributed by atoms with van der Waals surface area (Å²) in [6.07, 6.45) is 0. The molecule has 0 aliphatic carbocycles. The molecule has 2 saturated heterocycles. The first-order valence-corrected chi connectivity index (χ1v) is 11.2. The van der Waals surface area contributed by atoms with Crippen LogP contribution in [0.4, 0.5) is 0 Å². The number of aryl methyl sites for hydroxylation is 1. The first kappa shape index (κ1) is 21.7. The standard InChI is InChI=1S/C24H25BrN2O4/c1-16-2-4-18(5-3-16)22(28)20-21(17-6-8-19(25)9-7-17)27(24(30)23(20)29)11-10-26-12-14-31-15-13-26/h2-9,21,28H,10-15H2,1H3/t21-/m1/s1. The highest BCUT2D eigenvalue weighted by Crippen LogP contribution is 2.39. The fraction of sp³-hybridized carbons (Fsp3) is 0.333. The Morgan fingerprint density at radius 1 is 1.03 bits per heavy atom. The van der Waals surface area contributed by atoms with Gasteiger partial charge in [-0.3, -0.25) is 14.5 Å². The number of aliphatic hydroxyl groups is 1. The molecule has 1 atom stereocenters. The monoisotopic (exact) mass is 484 g/mol. The van der Waals surface area contributed by atoms with E-state index in [0.717, 1.165) is 28.7 Å². The van der Waals surface area contributed by atoms with Crippen LogP contribution in [0.3, 0.4) is 0 Å². The van der Waals surface area contributed by atoms with Crippen molar-refractivity contribution in [2.24, 2.45) is 0 Å². The third kappa shape index (κ3) is 4.59. The number of hydrogen-bond donors (Lipinski definition) is 1. The van der Waals surface area contributed by atoms with Crippen LogP contribution in [0, 0.1) is 6.92 Å². The van der Waals surface area contributed by atoms with Crippen molar-refractivity contribution in [3.05, 3.63) is 75.3 Å². The molecule has 0 spiro atoms. The molecule has 0 radical (unpaired) electrons. The summed E-state index contributed by atoms with van der Waals surface area (Å²) in [6, 6.07) is 14.2. The van der Waals surface area contributed by atoms with Gasteiger partial charge in [-0.15, -0.1) is 0 Å². The molecule has 4 rings (SSSR count). The molecule has 162 valence electrons. The average molecular weight is 485 g/mol. The van der Waals surface area contributed by atoms with Gasteiger partial charge in [0.25, 0.3) is 11.7 Å². The number of carbonyl (C=O) groups is 2. The predicted molar refractivity (Wildman–Crippen MR) is 122 cm³/mol. The van der Waals surface area contributed by atoms with Gasteiger partial charge in [0.1, 0.15) is 5.76 Å². The van der Waals surface area contributed by atoms with E-state index < -0.39 is 17.7 Å². The van der Waals surface area contributed by atoms with Crippen molar-refractivity contribution in [1.29, 1.82) is 0 Å². The lowest BCUT2D eigenvalue weighted by atomic mass is 9.95. The Kier molecular flexibility index (Phi) is 6.55. The smallest absolute Gasteiger partial charge is 0.295 e. The van der Waals surface area contributed by atoms with E-state index in [2.05, 4.69) is 20.8 Å². The molecule has 2 aliphatic rings. The maximum absolute atomic E-state index is 13.0. The number of Topliss-reactive ketones (excluding diaryl/α,β-unsaturated/α-hetero) is 1. The zero-order valence-corrected chi connectivity index (χ0v) is 19.0. The van der Waals surface area contributed by atoms with Crippen LogP contribution in [0.5, 0.6) is 0 Å². The molecular formula is C24H25BrN2O4. The minimum absolute atomic E-state index is 0.137. The maximum atomic E-state index is 13.0. The quantitative estimate of drug-likeness (QED) is 0.399. The Morgan fingerprint density at radius 3 is 2.32 bits per heavy atom. The molecule has 2 aromatic carbocycles. The number of morpholine rings is 1. The van der Waals surface area contributed by atoms with Crippen LogP contribution in [0.2, 0.25) is 0 Å². The van der Waals surface area contributed by atoms with Crippen molar-refractivity contribution in [3.8, 4) is 0 Å². The van der Waals surface area contributed by atoms with Crippen molar-refractivity contribution < 1.29 is 19.4 Å². The maximum Gasteiger partial charge on any atom is 0.295 e. The fourth-order valence-electron chi connectivity index (χ4n) is 4.04. The topological polar surface area (TPSA) is 70.1 Å². The second kappa shape index (κ2) is 9.34. The molecule has 0 bridgehead atoms. The second-order valence-corrected chi connectivity index (χ2v) is 8.78. The summed E-state index contributed by atoms with van der Waals surface area (Å²) in [5.41, 5.74) is 2.50. The van der Waals surface area contributed by atoms with Gasteiger partial charge in [0.15, 0.2) is 0 Å². The molecule has 0 unspecified atom stereocenters. The molecule has 1 N–H and O–H groups in total. The summed E-state index contributed by atoms with van der Waals surface area (Å²) < 4.78 is 6.30. The van der Waals surface area contributed by atoms with Gasteiger partial charge in [0.05, 0.1) is 24.8 Å². The summed E-state index contributed by atoms with van der Waals surface area (Å²) >= 11 is 3.44. The number of benzene rings is 2. The van der Waals surface area contributed by atoms with Crippen molar-refractivity contribution in [3.63, 3.8) is 0 Å². The summed E-state index contributed by atoms with van der Waals surface area (Å²) in [4.78, 5) is 29.9. The first-order chi connectivity index (χ1) is 15.0. The number of nitrogens with zero attached hydrogens (tertiary/aromatic N) is 2. The van der Waals surface area contributed by atoms with Crippen LogP contribution in [0.15, 0.2) is 58.6 Å². The number of carbonyl (C=O) groups excluding carboxylic acids is 2. The van der Waals surface area contributed by atoms with Crippen molar-refractivity contribution >= 4 is 33.4 Å². The summed E-state index contributed by atoms with van der Waals surface area (Å²) in [5, 5.41) is 11.1. The first-order valence-electron chi connectivity index (χ1n) is 10.4. The Bertz CT molecular complexity index is 995. The number of hydrogen-bond acceptors (Lipinski definition) is 5. The lowest BCUT2D eigenvalue weighted by molar-refractivity contribution is -0.140. The van der Waals surface area contributed by atoms with E-state index in [-0.39, 0.29) is 11.3 Å². The SMILES string of the molecule is Cc1ccc(C(O)=C2C(=O)C(=O)N(CCN3CCOCC3)[C@@H]2c2ccc(Br)cc2)cc1. The summed E-state index contributed by atoms with van der Waals surface area (Å²) in [6.45, 7) is 5.94. The van der Waals surface area contributed by atoms with Crippen LogP contribution in [-0.4, -0.2) is 66.0 Å². The van der Waals surface area contributed by atoms with Gasteiger partial charge in [-0.05, 0) is 24.6 Å². The number of halogens is 1. The molecule has 0 aromatic heterocycles. The van der Waals surface area contributed by atoms with Crippen molar-refractivity contribution in [2.75, 3.05) is 39.4 Å². The normalized spacial score (nSPS) is 21.6. The average Bonchev–Trinajstić information content (AvgIpc) is 3.04. The number of ether oxygens (including phenoxy) is 1. The molecule has 2 fully saturated rings. The van der Waals surface area contributed by atoms with E-state index in [0.29, 0.717) is 31.9 Å². The van der Waals surface area contributed by atoms with Gasteiger partial charge in [0, 0.05) is 36.2 Å². The number of amides is 1. The van der Waals surface area contributed by atoms with Gasteiger partial charge in [-0.25, -0.2) is 0 Å². The van der Waals surface area contributed by atoms with E-state index in [9.17, 15) is 14.7 Å². The minimum atomic E-state index is -0.645. The third-order valence-corrected chi connectivity index (χ3v) is 6.34. The van der Waals surface area contributed by atoms with Crippen LogP contribution in [0.1, 0.15) is 22.7 Å². The predicted octanol–water partition coefficient (Wildman–Crippen LogP) is 3.51. The molecular weight excluding hydrogens is 460 g/mol. The lowest BCUT2D eigenvalue weighted by Gasteiger charge is -2.31. The molecule has 31 heavy (non-hydrogen) atoms. The van der Waals surface area contributed by atoms with E-state index in [4.69, 9.17) is 4.74 Å².